The Morgan fingerprint density at radius 1 is 1.24 bits per heavy atom. The van der Waals surface area contributed by atoms with E-state index in [1.165, 1.54) is 25.7 Å². The van der Waals surface area contributed by atoms with Crippen molar-refractivity contribution in [2.45, 2.75) is 50.0 Å². The van der Waals surface area contributed by atoms with Crippen LogP contribution in [0, 0.1) is 0 Å². The molecule has 0 aromatic heterocycles. The molecule has 0 bridgehead atoms. The Morgan fingerprint density at radius 3 is 2.71 bits per heavy atom. The molecule has 5 heteroatoms. The number of piperidine rings is 1. The number of benzene rings is 1. The zero-order valence-electron chi connectivity index (χ0n) is 12.8. The molecule has 1 fully saturated rings. The predicted octanol–water partition coefficient (Wildman–Crippen LogP) is 2.62. The summed E-state index contributed by atoms with van der Waals surface area (Å²) in [7, 11) is -3.38. The van der Waals surface area contributed by atoms with Gasteiger partial charge in [-0.15, -0.1) is 0 Å². The highest BCUT2D eigenvalue weighted by Crippen LogP contribution is 2.18. The van der Waals surface area contributed by atoms with E-state index < -0.39 is 10.0 Å². The second-order valence-electron chi connectivity index (χ2n) is 5.70. The fourth-order valence-electron chi connectivity index (χ4n) is 2.84. The van der Waals surface area contributed by atoms with E-state index in [-0.39, 0.29) is 0 Å². The lowest BCUT2D eigenvalue weighted by molar-refractivity contribution is 0.148. The van der Waals surface area contributed by atoms with Crippen LogP contribution >= 0.6 is 0 Å². The van der Waals surface area contributed by atoms with Crippen LogP contribution in [0.4, 0.5) is 0 Å². The third-order valence-corrected chi connectivity index (χ3v) is 5.55. The monoisotopic (exact) mass is 310 g/mol. The minimum Gasteiger partial charge on any atom is -0.299 e. The van der Waals surface area contributed by atoms with Crippen molar-refractivity contribution in [1.82, 2.24) is 9.62 Å². The Balaban J connectivity index is 1.94. The molecule has 0 amide bonds. The van der Waals surface area contributed by atoms with Crippen molar-refractivity contribution < 1.29 is 8.42 Å². The molecule has 1 unspecified atom stereocenters. The molecule has 21 heavy (non-hydrogen) atoms. The number of unbranched alkanes of at least 4 members (excludes halogenated alkanes) is 1. The van der Waals surface area contributed by atoms with E-state index in [0.29, 0.717) is 17.5 Å². The van der Waals surface area contributed by atoms with Gasteiger partial charge in [-0.25, -0.2) is 13.1 Å². The number of nitrogens with zero attached hydrogens (tertiary/aromatic N) is 1. The summed E-state index contributed by atoms with van der Waals surface area (Å²) in [6.07, 6.45) is 5.87. The smallest absolute Gasteiger partial charge is 0.240 e. The molecule has 1 aliphatic heterocycles. The second-order valence-corrected chi connectivity index (χ2v) is 7.47. The van der Waals surface area contributed by atoms with Crippen LogP contribution < -0.4 is 4.72 Å². The van der Waals surface area contributed by atoms with Gasteiger partial charge in [0.05, 0.1) is 4.90 Å². The van der Waals surface area contributed by atoms with Gasteiger partial charge in [0.15, 0.2) is 0 Å². The summed E-state index contributed by atoms with van der Waals surface area (Å²) in [4.78, 5) is 2.79. The molecule has 1 aromatic rings. The van der Waals surface area contributed by atoms with E-state index in [2.05, 4.69) is 16.5 Å². The van der Waals surface area contributed by atoms with Crippen molar-refractivity contribution in [1.29, 1.82) is 0 Å². The first-order chi connectivity index (χ1) is 10.1. The van der Waals surface area contributed by atoms with Crippen LogP contribution in [0.25, 0.3) is 0 Å². The number of sulfonamides is 1. The van der Waals surface area contributed by atoms with Gasteiger partial charge in [0, 0.05) is 12.6 Å². The van der Waals surface area contributed by atoms with Crippen molar-refractivity contribution in [3.63, 3.8) is 0 Å². The zero-order chi connectivity index (χ0) is 15.1. The molecule has 0 saturated carbocycles. The minimum atomic E-state index is -3.38. The number of hydrogen-bond acceptors (Lipinski definition) is 3. The quantitative estimate of drug-likeness (QED) is 0.842. The van der Waals surface area contributed by atoms with E-state index in [9.17, 15) is 8.42 Å². The Labute approximate surface area is 128 Å². The van der Waals surface area contributed by atoms with Gasteiger partial charge in [0.25, 0.3) is 0 Å². The third kappa shape index (κ3) is 4.80. The molecule has 0 radical (unpaired) electrons. The van der Waals surface area contributed by atoms with Crippen LogP contribution in [0.3, 0.4) is 0 Å². The summed E-state index contributed by atoms with van der Waals surface area (Å²) >= 11 is 0. The molecule has 1 N–H and O–H groups in total. The number of hydrogen-bond donors (Lipinski definition) is 1. The Hall–Kier alpha value is -0.910. The molecule has 1 aliphatic rings. The molecule has 1 atom stereocenters. The summed E-state index contributed by atoms with van der Waals surface area (Å²) in [6, 6.07) is 8.94. The molecule has 118 valence electrons. The van der Waals surface area contributed by atoms with E-state index >= 15 is 0 Å². The maximum Gasteiger partial charge on any atom is 0.240 e. The number of rotatable bonds is 7. The van der Waals surface area contributed by atoms with Crippen molar-refractivity contribution in [2.24, 2.45) is 0 Å². The topological polar surface area (TPSA) is 49.4 Å². The molecule has 0 spiro atoms. The first-order valence-electron chi connectivity index (χ1n) is 7.92. The van der Waals surface area contributed by atoms with Gasteiger partial charge in [-0.3, -0.25) is 4.90 Å². The van der Waals surface area contributed by atoms with Crippen LogP contribution in [0.15, 0.2) is 35.2 Å². The summed E-state index contributed by atoms with van der Waals surface area (Å²) in [6.45, 7) is 4.88. The lowest BCUT2D eigenvalue weighted by atomic mass is 10.0. The highest BCUT2D eigenvalue weighted by Gasteiger charge is 2.24. The highest BCUT2D eigenvalue weighted by atomic mass is 32.2. The van der Waals surface area contributed by atoms with E-state index in [0.717, 1.165) is 19.5 Å². The maximum atomic E-state index is 12.3. The summed E-state index contributed by atoms with van der Waals surface area (Å²) in [5.41, 5.74) is 0. The Kier molecular flexibility index (Phi) is 6.21. The lowest BCUT2D eigenvalue weighted by Gasteiger charge is -2.35. The van der Waals surface area contributed by atoms with E-state index in [4.69, 9.17) is 0 Å². The van der Waals surface area contributed by atoms with Crippen LogP contribution in [-0.4, -0.2) is 39.0 Å². The van der Waals surface area contributed by atoms with Crippen LogP contribution in [0.1, 0.15) is 39.0 Å². The number of nitrogens with one attached hydrogen (secondary N) is 1. The molecular weight excluding hydrogens is 284 g/mol. The van der Waals surface area contributed by atoms with Crippen molar-refractivity contribution in [2.75, 3.05) is 19.6 Å². The zero-order valence-corrected chi connectivity index (χ0v) is 13.6. The van der Waals surface area contributed by atoms with Crippen molar-refractivity contribution in [3.05, 3.63) is 30.3 Å². The fraction of sp³-hybridized carbons (Fsp3) is 0.625. The summed E-state index contributed by atoms with van der Waals surface area (Å²) < 4.78 is 27.3. The second kappa shape index (κ2) is 7.92. The highest BCUT2D eigenvalue weighted by molar-refractivity contribution is 7.89. The standard InChI is InChI=1S/C16H26N2O2S/c1-2-3-12-18-13-8-7-9-15(18)14-17-21(19,20)16-10-5-4-6-11-16/h4-6,10-11,15,17H,2-3,7-9,12-14H2,1H3. The molecular formula is C16H26N2O2S. The Morgan fingerprint density at radius 2 is 2.00 bits per heavy atom. The fourth-order valence-corrected chi connectivity index (χ4v) is 3.93. The first kappa shape index (κ1) is 16.5. The SMILES string of the molecule is CCCCN1CCCCC1CNS(=O)(=O)c1ccccc1. The average molecular weight is 310 g/mol. The molecule has 1 aromatic carbocycles. The van der Waals surface area contributed by atoms with Gasteiger partial charge < -0.3 is 0 Å². The predicted molar refractivity (Wildman–Crippen MR) is 85.8 cm³/mol. The minimum absolute atomic E-state index is 0.337. The van der Waals surface area contributed by atoms with Crippen LogP contribution in [0.5, 0.6) is 0 Å². The van der Waals surface area contributed by atoms with E-state index in [1.54, 1.807) is 24.3 Å². The molecule has 0 aliphatic carbocycles. The van der Waals surface area contributed by atoms with Crippen LogP contribution in [-0.2, 0) is 10.0 Å². The maximum absolute atomic E-state index is 12.3. The van der Waals surface area contributed by atoms with Gasteiger partial charge >= 0.3 is 0 Å². The van der Waals surface area contributed by atoms with Crippen LogP contribution in [0.2, 0.25) is 0 Å². The lowest BCUT2D eigenvalue weighted by Crippen LogP contribution is -2.46. The molecule has 4 nitrogen and oxygen atoms in total. The largest absolute Gasteiger partial charge is 0.299 e. The summed E-state index contributed by atoms with van der Waals surface area (Å²) in [5, 5.41) is 0. The molecule has 1 heterocycles. The molecule has 2 rings (SSSR count). The van der Waals surface area contributed by atoms with E-state index in [1.807, 2.05) is 6.07 Å². The van der Waals surface area contributed by atoms with Gasteiger partial charge in [-0.05, 0) is 44.5 Å². The normalized spacial score (nSPS) is 20.5. The van der Waals surface area contributed by atoms with Gasteiger partial charge in [0.1, 0.15) is 0 Å². The third-order valence-electron chi connectivity index (χ3n) is 4.11. The van der Waals surface area contributed by atoms with Gasteiger partial charge in [-0.2, -0.15) is 0 Å². The number of likely N-dealkylation sites (tertiary alicyclic amines) is 1. The average Bonchev–Trinajstić information content (AvgIpc) is 2.52. The molecule has 1 saturated heterocycles. The van der Waals surface area contributed by atoms with Gasteiger partial charge in [-0.1, -0.05) is 38.0 Å². The van der Waals surface area contributed by atoms with Gasteiger partial charge in [0.2, 0.25) is 10.0 Å². The van der Waals surface area contributed by atoms with Crippen molar-refractivity contribution in [3.8, 4) is 0 Å². The van der Waals surface area contributed by atoms with Crippen molar-refractivity contribution >= 4 is 10.0 Å². The Bertz CT molecular complexity index is 516. The first-order valence-corrected chi connectivity index (χ1v) is 9.40. The summed E-state index contributed by atoms with van der Waals surface area (Å²) in [5.74, 6) is 0.